The van der Waals surface area contributed by atoms with Crippen LogP contribution in [0.25, 0.3) is 0 Å². The van der Waals surface area contributed by atoms with Crippen LogP contribution in [0.4, 0.5) is 0 Å². The molecule has 0 saturated carbocycles. The zero-order valence-corrected chi connectivity index (χ0v) is 11.1. The molecule has 17 heavy (non-hydrogen) atoms. The predicted molar refractivity (Wildman–Crippen MR) is 68.2 cm³/mol. The number of aromatic nitrogens is 2. The number of rotatable bonds is 6. The Hall–Kier alpha value is -1.36. The molecular weight excluding hydrogens is 216 g/mol. The zero-order chi connectivity index (χ0) is 12.8. The lowest BCUT2D eigenvalue weighted by Crippen LogP contribution is -2.35. The zero-order valence-electron chi connectivity index (χ0n) is 11.1. The van der Waals surface area contributed by atoms with E-state index in [0.29, 0.717) is 12.1 Å². The molecule has 1 aromatic heterocycles. The standard InChI is InChI=1S/C12H22N4O/c1-5-16(6-2)8-7-13-12(17)11-9(3)14-15-10(11)4/h5-8H2,1-4H3,(H,13,17)(H,14,15). The van der Waals surface area contributed by atoms with Crippen molar-refractivity contribution in [1.82, 2.24) is 20.4 Å². The molecule has 0 bridgehead atoms. The van der Waals surface area contributed by atoms with Crippen LogP contribution in [0.2, 0.25) is 0 Å². The number of amides is 1. The van der Waals surface area contributed by atoms with E-state index in [1.54, 1.807) is 0 Å². The largest absolute Gasteiger partial charge is 0.351 e. The van der Waals surface area contributed by atoms with Crippen molar-refractivity contribution in [1.29, 1.82) is 0 Å². The first kappa shape index (κ1) is 13.7. The Morgan fingerprint density at radius 2 is 2.00 bits per heavy atom. The molecule has 5 heteroatoms. The highest BCUT2D eigenvalue weighted by molar-refractivity contribution is 5.96. The van der Waals surface area contributed by atoms with Crippen LogP contribution in [0.3, 0.4) is 0 Å². The number of likely N-dealkylation sites (N-methyl/N-ethyl adjacent to an activating group) is 1. The van der Waals surface area contributed by atoms with Gasteiger partial charge in [-0.2, -0.15) is 5.10 Å². The summed E-state index contributed by atoms with van der Waals surface area (Å²) >= 11 is 0. The molecule has 96 valence electrons. The molecule has 1 heterocycles. The summed E-state index contributed by atoms with van der Waals surface area (Å²) in [5.41, 5.74) is 2.25. The number of nitrogens with zero attached hydrogens (tertiary/aromatic N) is 2. The van der Waals surface area contributed by atoms with E-state index < -0.39 is 0 Å². The highest BCUT2D eigenvalue weighted by atomic mass is 16.1. The molecule has 0 unspecified atom stereocenters. The second-order valence-corrected chi connectivity index (χ2v) is 4.09. The molecule has 0 aromatic carbocycles. The van der Waals surface area contributed by atoms with Crippen LogP contribution in [0, 0.1) is 13.8 Å². The molecule has 0 spiro atoms. The molecule has 0 radical (unpaired) electrons. The Labute approximate surface area is 103 Å². The van der Waals surface area contributed by atoms with E-state index in [9.17, 15) is 4.79 Å². The van der Waals surface area contributed by atoms with Crippen molar-refractivity contribution in [2.24, 2.45) is 0 Å². The molecule has 5 nitrogen and oxygen atoms in total. The number of hydrogen-bond acceptors (Lipinski definition) is 3. The summed E-state index contributed by atoms with van der Waals surface area (Å²) < 4.78 is 0. The molecular formula is C12H22N4O. The normalized spacial score (nSPS) is 10.9. The van der Waals surface area contributed by atoms with Crippen molar-refractivity contribution in [3.8, 4) is 0 Å². The first-order valence-corrected chi connectivity index (χ1v) is 6.12. The number of nitrogens with one attached hydrogen (secondary N) is 2. The Morgan fingerprint density at radius 1 is 1.35 bits per heavy atom. The maximum absolute atomic E-state index is 11.9. The molecule has 1 aromatic rings. The minimum absolute atomic E-state index is 0.0408. The van der Waals surface area contributed by atoms with Gasteiger partial charge >= 0.3 is 0 Å². The second-order valence-electron chi connectivity index (χ2n) is 4.09. The fourth-order valence-electron chi connectivity index (χ4n) is 1.84. The van der Waals surface area contributed by atoms with Gasteiger partial charge in [0.1, 0.15) is 0 Å². The third kappa shape index (κ3) is 3.56. The van der Waals surface area contributed by atoms with Crippen LogP contribution in [-0.4, -0.2) is 47.2 Å². The van der Waals surface area contributed by atoms with Crippen LogP contribution in [-0.2, 0) is 0 Å². The SMILES string of the molecule is CCN(CC)CCNC(=O)c1c(C)n[nH]c1C. The molecule has 1 rings (SSSR count). The molecule has 0 atom stereocenters. The lowest BCUT2D eigenvalue weighted by Gasteiger charge is -2.17. The Kier molecular flexibility index (Phi) is 5.15. The van der Waals surface area contributed by atoms with Crippen LogP contribution in [0.15, 0.2) is 0 Å². The van der Waals surface area contributed by atoms with E-state index >= 15 is 0 Å². The number of carbonyl (C=O) groups excluding carboxylic acids is 1. The van der Waals surface area contributed by atoms with Crippen LogP contribution in [0.5, 0.6) is 0 Å². The number of carbonyl (C=O) groups is 1. The van der Waals surface area contributed by atoms with Gasteiger partial charge in [-0.25, -0.2) is 0 Å². The van der Waals surface area contributed by atoms with Gasteiger partial charge in [0.05, 0.1) is 11.3 Å². The van der Waals surface area contributed by atoms with Gasteiger partial charge < -0.3 is 10.2 Å². The first-order valence-electron chi connectivity index (χ1n) is 6.12. The van der Waals surface area contributed by atoms with Gasteiger partial charge in [-0.15, -0.1) is 0 Å². The molecule has 1 amide bonds. The fraction of sp³-hybridized carbons (Fsp3) is 0.667. The van der Waals surface area contributed by atoms with Crippen molar-refractivity contribution in [3.05, 3.63) is 17.0 Å². The topological polar surface area (TPSA) is 61.0 Å². The number of hydrogen-bond donors (Lipinski definition) is 2. The van der Waals surface area contributed by atoms with Crippen molar-refractivity contribution in [2.75, 3.05) is 26.2 Å². The minimum Gasteiger partial charge on any atom is -0.351 e. The van der Waals surface area contributed by atoms with E-state index in [0.717, 1.165) is 31.0 Å². The average Bonchev–Trinajstić information content (AvgIpc) is 2.64. The first-order chi connectivity index (χ1) is 8.10. The third-order valence-electron chi connectivity index (χ3n) is 2.96. The average molecular weight is 238 g/mol. The summed E-state index contributed by atoms with van der Waals surface area (Å²) in [7, 11) is 0. The fourth-order valence-corrected chi connectivity index (χ4v) is 1.84. The number of aryl methyl sites for hydroxylation is 2. The summed E-state index contributed by atoms with van der Waals surface area (Å²) in [5, 5.41) is 9.76. The van der Waals surface area contributed by atoms with Crippen molar-refractivity contribution in [2.45, 2.75) is 27.7 Å². The van der Waals surface area contributed by atoms with Gasteiger partial charge in [0.2, 0.25) is 0 Å². The second kappa shape index (κ2) is 6.39. The van der Waals surface area contributed by atoms with E-state index in [1.807, 2.05) is 13.8 Å². The van der Waals surface area contributed by atoms with Crippen molar-refractivity contribution >= 4 is 5.91 Å². The summed E-state index contributed by atoms with van der Waals surface area (Å²) in [4.78, 5) is 14.2. The minimum atomic E-state index is -0.0408. The van der Waals surface area contributed by atoms with Crippen LogP contribution >= 0.6 is 0 Å². The maximum atomic E-state index is 11.9. The van der Waals surface area contributed by atoms with E-state index in [4.69, 9.17) is 0 Å². The van der Waals surface area contributed by atoms with E-state index in [2.05, 4.69) is 34.3 Å². The Balaban J connectivity index is 2.45. The molecule has 2 N–H and O–H groups in total. The summed E-state index contributed by atoms with van der Waals surface area (Å²) in [5.74, 6) is -0.0408. The molecule has 0 aliphatic rings. The lowest BCUT2D eigenvalue weighted by atomic mass is 10.2. The number of aromatic amines is 1. The molecule has 0 fully saturated rings. The third-order valence-corrected chi connectivity index (χ3v) is 2.96. The van der Waals surface area contributed by atoms with Crippen molar-refractivity contribution < 1.29 is 4.79 Å². The van der Waals surface area contributed by atoms with Crippen LogP contribution < -0.4 is 5.32 Å². The molecule has 0 saturated heterocycles. The van der Waals surface area contributed by atoms with Crippen LogP contribution in [0.1, 0.15) is 35.6 Å². The Bertz CT molecular complexity index is 349. The van der Waals surface area contributed by atoms with Gasteiger partial charge in [0.25, 0.3) is 5.91 Å². The monoisotopic (exact) mass is 238 g/mol. The summed E-state index contributed by atoms with van der Waals surface area (Å²) in [6.45, 7) is 11.5. The Morgan fingerprint density at radius 3 is 2.47 bits per heavy atom. The summed E-state index contributed by atoms with van der Waals surface area (Å²) in [6.07, 6.45) is 0. The van der Waals surface area contributed by atoms with Gasteiger partial charge in [-0.05, 0) is 26.9 Å². The maximum Gasteiger partial charge on any atom is 0.255 e. The van der Waals surface area contributed by atoms with Crippen molar-refractivity contribution in [3.63, 3.8) is 0 Å². The quantitative estimate of drug-likeness (QED) is 0.780. The highest BCUT2D eigenvalue weighted by Gasteiger charge is 2.14. The van der Waals surface area contributed by atoms with Gasteiger partial charge in [0, 0.05) is 18.8 Å². The predicted octanol–water partition coefficient (Wildman–Crippen LogP) is 1.10. The molecule has 0 aliphatic carbocycles. The van der Waals surface area contributed by atoms with E-state index in [-0.39, 0.29) is 5.91 Å². The van der Waals surface area contributed by atoms with Gasteiger partial charge in [-0.3, -0.25) is 9.89 Å². The number of H-pyrrole nitrogens is 1. The smallest absolute Gasteiger partial charge is 0.255 e. The van der Waals surface area contributed by atoms with Gasteiger partial charge in [-0.1, -0.05) is 13.8 Å². The lowest BCUT2D eigenvalue weighted by molar-refractivity contribution is 0.0948. The van der Waals surface area contributed by atoms with E-state index in [1.165, 1.54) is 0 Å². The van der Waals surface area contributed by atoms with Gasteiger partial charge in [0.15, 0.2) is 0 Å². The highest BCUT2D eigenvalue weighted by Crippen LogP contribution is 2.08. The summed E-state index contributed by atoms with van der Waals surface area (Å²) in [6, 6.07) is 0. The molecule has 0 aliphatic heterocycles.